The molecule has 0 saturated heterocycles. The molecule has 0 atom stereocenters. The first-order valence-corrected chi connectivity index (χ1v) is 14.4. The molecule has 1 N–H and O–H groups in total. The van der Waals surface area contributed by atoms with E-state index in [0.717, 1.165) is 22.6 Å². The summed E-state index contributed by atoms with van der Waals surface area (Å²) < 4.78 is 1.69. The van der Waals surface area contributed by atoms with Gasteiger partial charge in [0.15, 0.2) is 5.16 Å². The van der Waals surface area contributed by atoms with E-state index >= 15 is 0 Å². The molecule has 7 heteroatoms. The van der Waals surface area contributed by atoms with Crippen LogP contribution < -0.4 is 15.8 Å². The smallest absolute Gasteiger partial charge is 0.262 e. The fourth-order valence-electron chi connectivity index (χ4n) is 4.71. The molecule has 0 aliphatic heterocycles. The maximum atomic E-state index is 13.3. The Labute approximate surface area is 238 Å². The minimum absolute atomic E-state index is 0.0897. The summed E-state index contributed by atoms with van der Waals surface area (Å²) in [5.41, 5.74) is 4.58. The Bertz CT molecular complexity index is 1640. The van der Waals surface area contributed by atoms with Crippen LogP contribution in [0.2, 0.25) is 0 Å². The number of benzene rings is 4. The quantitative estimate of drug-likeness (QED) is 0.152. The van der Waals surface area contributed by atoms with E-state index in [2.05, 4.69) is 36.2 Å². The van der Waals surface area contributed by atoms with Gasteiger partial charge in [0.05, 0.1) is 16.7 Å². The molecule has 0 unspecified atom stereocenters. The van der Waals surface area contributed by atoms with E-state index in [1.807, 2.05) is 91.0 Å². The van der Waals surface area contributed by atoms with Crippen LogP contribution in [0.1, 0.15) is 19.4 Å². The van der Waals surface area contributed by atoms with Gasteiger partial charge < -0.3 is 10.2 Å². The number of anilines is 3. The van der Waals surface area contributed by atoms with Gasteiger partial charge in [-0.3, -0.25) is 14.2 Å². The third-order valence-corrected chi connectivity index (χ3v) is 7.58. The number of hydrogen-bond donors (Lipinski definition) is 1. The predicted octanol–water partition coefficient (Wildman–Crippen LogP) is 6.92. The number of carbonyl (C=O) groups excluding carboxylic acids is 1. The van der Waals surface area contributed by atoms with Crippen LogP contribution in [0.4, 0.5) is 17.1 Å². The van der Waals surface area contributed by atoms with Crippen LogP contribution in [-0.4, -0.2) is 27.3 Å². The SMILES string of the molecule is CC(C)N(c1ccccc1)c1ccc(NC(=O)CSc2nc3ccccc3c(=O)n2CCc2ccccc2)cc1. The molecular formula is C33H32N4O2S. The number of nitrogens with one attached hydrogen (secondary N) is 1. The van der Waals surface area contributed by atoms with E-state index < -0.39 is 0 Å². The monoisotopic (exact) mass is 548 g/mol. The fraction of sp³-hybridized carbons (Fsp3) is 0.182. The van der Waals surface area contributed by atoms with Crippen LogP contribution in [0.3, 0.4) is 0 Å². The minimum Gasteiger partial charge on any atom is -0.339 e. The van der Waals surface area contributed by atoms with Crippen molar-refractivity contribution in [1.82, 2.24) is 9.55 Å². The van der Waals surface area contributed by atoms with Gasteiger partial charge in [0.2, 0.25) is 5.91 Å². The summed E-state index contributed by atoms with van der Waals surface area (Å²) in [5, 5.41) is 4.10. The zero-order valence-corrected chi connectivity index (χ0v) is 23.5. The molecular weight excluding hydrogens is 516 g/mol. The molecule has 5 aromatic rings. The number of amides is 1. The summed E-state index contributed by atoms with van der Waals surface area (Å²) in [5.74, 6) is -0.0152. The first-order valence-electron chi connectivity index (χ1n) is 13.4. The van der Waals surface area contributed by atoms with Gasteiger partial charge in [0, 0.05) is 29.6 Å². The van der Waals surface area contributed by atoms with Crippen LogP contribution in [0.25, 0.3) is 10.9 Å². The van der Waals surface area contributed by atoms with Gasteiger partial charge in [-0.15, -0.1) is 0 Å². The number of rotatable bonds is 10. The average molecular weight is 549 g/mol. The average Bonchev–Trinajstić information content (AvgIpc) is 2.98. The van der Waals surface area contributed by atoms with E-state index in [0.29, 0.717) is 29.0 Å². The van der Waals surface area contributed by atoms with Gasteiger partial charge in [-0.25, -0.2) is 4.98 Å². The summed E-state index contributed by atoms with van der Waals surface area (Å²) in [4.78, 5) is 33.3. The highest BCUT2D eigenvalue weighted by Gasteiger charge is 2.15. The molecule has 0 radical (unpaired) electrons. The lowest BCUT2D eigenvalue weighted by molar-refractivity contribution is -0.113. The Balaban J connectivity index is 1.29. The molecule has 0 aliphatic rings. The van der Waals surface area contributed by atoms with Gasteiger partial charge in [-0.1, -0.05) is 72.4 Å². The molecule has 0 bridgehead atoms. The second kappa shape index (κ2) is 12.7. The van der Waals surface area contributed by atoms with Gasteiger partial charge in [-0.2, -0.15) is 0 Å². The molecule has 4 aromatic carbocycles. The van der Waals surface area contributed by atoms with Gasteiger partial charge in [-0.05, 0) is 74.4 Å². The third-order valence-electron chi connectivity index (χ3n) is 6.61. The summed E-state index contributed by atoms with van der Waals surface area (Å²) in [7, 11) is 0. The van der Waals surface area contributed by atoms with Crippen molar-refractivity contribution >= 4 is 45.6 Å². The summed E-state index contributed by atoms with van der Waals surface area (Å²) in [6.07, 6.45) is 0.698. The predicted molar refractivity (Wildman–Crippen MR) is 166 cm³/mol. The largest absolute Gasteiger partial charge is 0.339 e. The summed E-state index contributed by atoms with van der Waals surface area (Å²) in [6, 6.07) is 35.8. The molecule has 40 heavy (non-hydrogen) atoms. The molecule has 0 aliphatic carbocycles. The number of aryl methyl sites for hydroxylation is 1. The number of para-hydroxylation sites is 2. The molecule has 5 rings (SSSR count). The van der Waals surface area contributed by atoms with Gasteiger partial charge in [0.25, 0.3) is 5.56 Å². The lowest BCUT2D eigenvalue weighted by Gasteiger charge is -2.29. The second-order valence-electron chi connectivity index (χ2n) is 9.79. The molecule has 1 heterocycles. The van der Waals surface area contributed by atoms with Crippen LogP contribution in [-0.2, 0) is 17.8 Å². The number of nitrogens with zero attached hydrogens (tertiary/aromatic N) is 3. The lowest BCUT2D eigenvalue weighted by atomic mass is 10.1. The van der Waals surface area contributed by atoms with Gasteiger partial charge in [0.1, 0.15) is 0 Å². The maximum absolute atomic E-state index is 13.3. The van der Waals surface area contributed by atoms with E-state index in [1.165, 1.54) is 11.8 Å². The van der Waals surface area contributed by atoms with Crippen molar-refractivity contribution in [3.63, 3.8) is 0 Å². The topological polar surface area (TPSA) is 67.2 Å². The zero-order chi connectivity index (χ0) is 27.9. The minimum atomic E-state index is -0.154. The number of hydrogen-bond acceptors (Lipinski definition) is 5. The van der Waals surface area contributed by atoms with Gasteiger partial charge >= 0.3 is 0 Å². The molecule has 1 amide bonds. The van der Waals surface area contributed by atoms with Crippen molar-refractivity contribution < 1.29 is 4.79 Å². The Morgan fingerprint density at radius 1 is 0.850 bits per heavy atom. The number of fused-ring (bicyclic) bond motifs is 1. The molecule has 6 nitrogen and oxygen atoms in total. The van der Waals surface area contributed by atoms with Crippen molar-refractivity contribution in [3.05, 3.63) is 125 Å². The van der Waals surface area contributed by atoms with Crippen molar-refractivity contribution in [3.8, 4) is 0 Å². The zero-order valence-electron chi connectivity index (χ0n) is 22.7. The first kappa shape index (κ1) is 27.2. The lowest BCUT2D eigenvalue weighted by Crippen LogP contribution is -2.25. The Kier molecular flexibility index (Phi) is 8.62. The second-order valence-corrected chi connectivity index (χ2v) is 10.7. The normalized spacial score (nSPS) is 11.1. The van der Waals surface area contributed by atoms with Crippen LogP contribution in [0.15, 0.2) is 119 Å². The Morgan fingerprint density at radius 2 is 1.48 bits per heavy atom. The summed E-state index contributed by atoms with van der Waals surface area (Å²) >= 11 is 1.28. The highest BCUT2D eigenvalue weighted by Crippen LogP contribution is 2.29. The Morgan fingerprint density at radius 3 is 2.17 bits per heavy atom. The highest BCUT2D eigenvalue weighted by molar-refractivity contribution is 7.99. The third kappa shape index (κ3) is 6.43. The van der Waals surface area contributed by atoms with E-state index in [4.69, 9.17) is 4.98 Å². The van der Waals surface area contributed by atoms with Crippen LogP contribution in [0, 0.1) is 0 Å². The van der Waals surface area contributed by atoms with Crippen molar-refractivity contribution in [2.24, 2.45) is 0 Å². The first-order chi connectivity index (χ1) is 19.5. The highest BCUT2D eigenvalue weighted by atomic mass is 32.2. The Hall–Kier alpha value is -4.36. The molecule has 1 aromatic heterocycles. The summed E-state index contributed by atoms with van der Waals surface area (Å²) in [6.45, 7) is 4.79. The van der Waals surface area contributed by atoms with Crippen molar-refractivity contribution in [2.45, 2.75) is 38.0 Å². The number of aromatic nitrogens is 2. The van der Waals surface area contributed by atoms with E-state index in [1.54, 1.807) is 10.6 Å². The number of carbonyl (C=O) groups is 1. The molecule has 202 valence electrons. The van der Waals surface area contributed by atoms with E-state index in [9.17, 15) is 9.59 Å². The van der Waals surface area contributed by atoms with E-state index in [-0.39, 0.29) is 23.3 Å². The maximum Gasteiger partial charge on any atom is 0.262 e. The molecule has 0 saturated carbocycles. The molecule has 0 fully saturated rings. The number of thioether (sulfide) groups is 1. The fourth-order valence-corrected chi connectivity index (χ4v) is 5.53. The van der Waals surface area contributed by atoms with Crippen molar-refractivity contribution in [1.29, 1.82) is 0 Å². The van der Waals surface area contributed by atoms with Crippen molar-refractivity contribution in [2.75, 3.05) is 16.0 Å². The van der Waals surface area contributed by atoms with Crippen LogP contribution >= 0.6 is 11.8 Å². The standard InChI is InChI=1S/C33H32N4O2S/c1-24(2)37(27-13-7-4-8-14-27)28-19-17-26(18-20-28)34-31(38)23-40-33-35-30-16-10-9-15-29(30)32(39)36(33)22-21-25-11-5-3-6-12-25/h3-20,24H,21-23H2,1-2H3,(H,34,38). The van der Waals surface area contributed by atoms with Crippen LogP contribution in [0.5, 0.6) is 0 Å². The molecule has 0 spiro atoms.